The molecule has 0 atom stereocenters. The average Bonchev–Trinajstić information content (AvgIpc) is 3.03. The van der Waals surface area contributed by atoms with Crippen molar-refractivity contribution in [2.45, 2.75) is 33.2 Å². The number of aromatic nitrogens is 2. The number of para-hydroxylation sites is 2. The maximum atomic E-state index is 4.66. The number of nitrogens with zero attached hydrogens (tertiary/aromatic N) is 2. The van der Waals surface area contributed by atoms with Crippen molar-refractivity contribution in [1.29, 1.82) is 0 Å². The molecular weight excluding hydrogens is 282 g/mol. The summed E-state index contributed by atoms with van der Waals surface area (Å²) in [6, 6.07) is 16.9. The summed E-state index contributed by atoms with van der Waals surface area (Å²) < 4.78 is 0. The van der Waals surface area contributed by atoms with Crippen molar-refractivity contribution in [3.05, 3.63) is 54.1 Å². The average molecular weight is 307 g/mol. The first kappa shape index (κ1) is 15.8. The summed E-state index contributed by atoms with van der Waals surface area (Å²) in [5, 5.41) is 0. The highest BCUT2D eigenvalue weighted by Crippen LogP contribution is 2.21. The molecule has 0 fully saturated rings. The summed E-state index contributed by atoms with van der Waals surface area (Å²) in [4.78, 5) is 10.6. The Morgan fingerprint density at radius 2 is 1.78 bits per heavy atom. The minimum Gasteiger partial charge on any atom is -0.338 e. The van der Waals surface area contributed by atoms with Crippen LogP contribution >= 0.6 is 0 Å². The van der Waals surface area contributed by atoms with Gasteiger partial charge in [-0.25, -0.2) is 4.98 Å². The molecule has 0 unspecified atom stereocenters. The molecule has 1 aromatic heterocycles. The van der Waals surface area contributed by atoms with E-state index >= 15 is 0 Å². The minimum absolute atomic E-state index is 0.941. The van der Waals surface area contributed by atoms with Crippen LogP contribution in [0.1, 0.15) is 32.3 Å². The highest BCUT2D eigenvalue weighted by Gasteiger charge is 2.06. The molecular formula is C20H25N3. The van der Waals surface area contributed by atoms with Crippen LogP contribution in [-0.4, -0.2) is 28.0 Å². The third-order valence-electron chi connectivity index (χ3n) is 4.30. The van der Waals surface area contributed by atoms with Gasteiger partial charge in [0.25, 0.3) is 0 Å². The molecule has 1 heterocycles. The van der Waals surface area contributed by atoms with Crippen molar-refractivity contribution in [1.82, 2.24) is 14.9 Å². The summed E-state index contributed by atoms with van der Waals surface area (Å²) >= 11 is 0. The van der Waals surface area contributed by atoms with Crippen LogP contribution in [0.25, 0.3) is 22.4 Å². The Morgan fingerprint density at radius 1 is 1.00 bits per heavy atom. The van der Waals surface area contributed by atoms with E-state index in [0.29, 0.717) is 0 Å². The van der Waals surface area contributed by atoms with Gasteiger partial charge in [-0.3, -0.25) is 4.90 Å². The van der Waals surface area contributed by atoms with Crippen molar-refractivity contribution >= 4 is 11.0 Å². The Morgan fingerprint density at radius 3 is 2.48 bits per heavy atom. The molecule has 0 bridgehead atoms. The maximum absolute atomic E-state index is 4.66. The zero-order chi connectivity index (χ0) is 16.1. The van der Waals surface area contributed by atoms with E-state index in [4.69, 9.17) is 0 Å². The number of rotatable bonds is 7. The van der Waals surface area contributed by atoms with Crippen LogP contribution in [0.5, 0.6) is 0 Å². The van der Waals surface area contributed by atoms with Gasteiger partial charge in [0.2, 0.25) is 0 Å². The normalized spacial score (nSPS) is 11.4. The Balaban J connectivity index is 1.73. The molecule has 0 radical (unpaired) electrons. The lowest BCUT2D eigenvalue weighted by Crippen LogP contribution is -2.23. The van der Waals surface area contributed by atoms with Crippen LogP contribution in [-0.2, 0) is 6.54 Å². The third kappa shape index (κ3) is 3.80. The molecule has 0 aliphatic heterocycles. The van der Waals surface area contributed by atoms with E-state index in [-0.39, 0.29) is 0 Å². The van der Waals surface area contributed by atoms with Gasteiger partial charge in [0.1, 0.15) is 5.82 Å². The number of hydrogen-bond donors (Lipinski definition) is 1. The molecule has 3 nitrogen and oxygen atoms in total. The van der Waals surface area contributed by atoms with Gasteiger partial charge in [-0.1, -0.05) is 56.7 Å². The fourth-order valence-electron chi connectivity index (χ4n) is 2.85. The summed E-state index contributed by atoms with van der Waals surface area (Å²) in [6.07, 6.45) is 2.52. The number of imidazole rings is 1. The van der Waals surface area contributed by atoms with E-state index in [1.165, 1.54) is 24.9 Å². The molecule has 0 spiro atoms. The van der Waals surface area contributed by atoms with Crippen LogP contribution in [0, 0.1) is 0 Å². The van der Waals surface area contributed by atoms with Gasteiger partial charge < -0.3 is 4.98 Å². The van der Waals surface area contributed by atoms with Crippen LogP contribution < -0.4 is 0 Å². The number of benzene rings is 2. The molecule has 120 valence electrons. The lowest BCUT2D eigenvalue weighted by molar-refractivity contribution is 0.275. The van der Waals surface area contributed by atoms with Gasteiger partial charge in [-0.15, -0.1) is 0 Å². The molecule has 0 saturated heterocycles. The highest BCUT2D eigenvalue weighted by molar-refractivity contribution is 5.79. The third-order valence-corrected chi connectivity index (χ3v) is 4.30. The molecule has 0 amide bonds. The van der Waals surface area contributed by atoms with Crippen molar-refractivity contribution in [3.63, 3.8) is 0 Å². The predicted molar refractivity (Wildman–Crippen MR) is 97.4 cm³/mol. The number of aromatic amines is 1. The SMILES string of the molecule is CCCCN(CC)Cc1ccc(-c2nc3ccccc3[nH]2)cc1. The summed E-state index contributed by atoms with van der Waals surface area (Å²) in [6.45, 7) is 7.79. The van der Waals surface area contributed by atoms with Crippen molar-refractivity contribution in [2.75, 3.05) is 13.1 Å². The molecule has 2 aromatic carbocycles. The zero-order valence-electron chi connectivity index (χ0n) is 14.0. The van der Waals surface area contributed by atoms with E-state index in [2.05, 4.69) is 59.0 Å². The highest BCUT2D eigenvalue weighted by atomic mass is 15.1. The molecule has 23 heavy (non-hydrogen) atoms. The number of hydrogen-bond acceptors (Lipinski definition) is 2. The second-order valence-corrected chi connectivity index (χ2v) is 6.02. The van der Waals surface area contributed by atoms with Gasteiger partial charge in [-0.05, 0) is 37.2 Å². The van der Waals surface area contributed by atoms with E-state index in [0.717, 1.165) is 35.5 Å². The topological polar surface area (TPSA) is 31.9 Å². The smallest absolute Gasteiger partial charge is 0.138 e. The van der Waals surface area contributed by atoms with Crippen molar-refractivity contribution in [2.24, 2.45) is 0 Å². The van der Waals surface area contributed by atoms with Crippen LogP contribution in [0.4, 0.5) is 0 Å². The predicted octanol–water partition coefficient (Wildman–Crippen LogP) is 4.85. The van der Waals surface area contributed by atoms with E-state index in [9.17, 15) is 0 Å². The summed E-state index contributed by atoms with van der Waals surface area (Å²) in [7, 11) is 0. The molecule has 3 aromatic rings. The van der Waals surface area contributed by atoms with Crippen LogP contribution in [0.15, 0.2) is 48.5 Å². The summed E-state index contributed by atoms with van der Waals surface area (Å²) in [5.74, 6) is 0.941. The van der Waals surface area contributed by atoms with Gasteiger partial charge in [0, 0.05) is 12.1 Å². The first-order chi connectivity index (χ1) is 11.3. The fraction of sp³-hybridized carbons (Fsp3) is 0.350. The number of unbranched alkanes of at least 4 members (excludes halogenated alkanes) is 1. The lowest BCUT2D eigenvalue weighted by Gasteiger charge is -2.20. The second-order valence-electron chi connectivity index (χ2n) is 6.02. The van der Waals surface area contributed by atoms with Crippen LogP contribution in [0.2, 0.25) is 0 Å². The lowest BCUT2D eigenvalue weighted by atomic mass is 10.1. The Bertz CT molecular complexity index is 710. The first-order valence-corrected chi connectivity index (χ1v) is 8.56. The van der Waals surface area contributed by atoms with Gasteiger partial charge >= 0.3 is 0 Å². The molecule has 1 N–H and O–H groups in total. The molecule has 3 rings (SSSR count). The van der Waals surface area contributed by atoms with E-state index in [1.54, 1.807) is 0 Å². The molecule has 0 aliphatic rings. The number of fused-ring (bicyclic) bond motifs is 1. The zero-order valence-corrected chi connectivity index (χ0v) is 14.0. The van der Waals surface area contributed by atoms with E-state index < -0.39 is 0 Å². The van der Waals surface area contributed by atoms with Crippen molar-refractivity contribution in [3.8, 4) is 11.4 Å². The monoisotopic (exact) mass is 307 g/mol. The Kier molecular flexibility index (Phi) is 5.09. The Labute approximate surface area is 138 Å². The fourth-order valence-corrected chi connectivity index (χ4v) is 2.85. The van der Waals surface area contributed by atoms with Gasteiger partial charge in [-0.2, -0.15) is 0 Å². The maximum Gasteiger partial charge on any atom is 0.138 e. The van der Waals surface area contributed by atoms with Crippen molar-refractivity contribution < 1.29 is 0 Å². The largest absolute Gasteiger partial charge is 0.338 e. The molecule has 3 heteroatoms. The Hall–Kier alpha value is -2.13. The van der Waals surface area contributed by atoms with E-state index in [1.807, 2.05) is 18.2 Å². The summed E-state index contributed by atoms with van der Waals surface area (Å²) in [5.41, 5.74) is 4.61. The number of H-pyrrole nitrogens is 1. The standard InChI is InChI=1S/C20H25N3/c1-3-5-14-23(4-2)15-16-10-12-17(13-11-16)20-21-18-8-6-7-9-19(18)22-20/h6-13H,3-5,14-15H2,1-2H3,(H,21,22). The second kappa shape index (κ2) is 7.42. The van der Waals surface area contributed by atoms with Gasteiger partial charge in [0.05, 0.1) is 11.0 Å². The molecule has 0 aliphatic carbocycles. The van der Waals surface area contributed by atoms with Crippen LogP contribution in [0.3, 0.4) is 0 Å². The molecule has 0 saturated carbocycles. The van der Waals surface area contributed by atoms with Gasteiger partial charge in [0.15, 0.2) is 0 Å². The first-order valence-electron chi connectivity index (χ1n) is 8.56. The quantitative estimate of drug-likeness (QED) is 0.676. The number of nitrogens with one attached hydrogen (secondary N) is 1. The minimum atomic E-state index is 0.941.